The van der Waals surface area contributed by atoms with E-state index < -0.39 is 17.8 Å². The van der Waals surface area contributed by atoms with Crippen molar-refractivity contribution in [1.29, 1.82) is 5.26 Å². The van der Waals surface area contributed by atoms with Gasteiger partial charge in [0.2, 0.25) is 5.91 Å². The Kier molecular flexibility index (Phi) is 4.54. The lowest BCUT2D eigenvalue weighted by Crippen LogP contribution is -2.39. The molecule has 2 bridgehead atoms. The van der Waals surface area contributed by atoms with Gasteiger partial charge in [-0.2, -0.15) is 5.26 Å². The summed E-state index contributed by atoms with van der Waals surface area (Å²) in [6.45, 7) is 0.354. The summed E-state index contributed by atoms with van der Waals surface area (Å²) >= 11 is 1.43. The van der Waals surface area contributed by atoms with Gasteiger partial charge in [0.15, 0.2) is 0 Å². The van der Waals surface area contributed by atoms with Gasteiger partial charge in [0, 0.05) is 11.4 Å². The van der Waals surface area contributed by atoms with Crippen molar-refractivity contribution in [3.05, 3.63) is 59.0 Å². The largest absolute Gasteiger partial charge is 0.481 e. The van der Waals surface area contributed by atoms with E-state index in [4.69, 9.17) is 5.26 Å². The van der Waals surface area contributed by atoms with E-state index in [2.05, 4.69) is 11.4 Å². The second-order valence-corrected chi connectivity index (χ2v) is 8.12. The highest BCUT2D eigenvalue weighted by Gasteiger charge is 2.51. The quantitative estimate of drug-likeness (QED) is 0.780. The van der Waals surface area contributed by atoms with Gasteiger partial charge in [0.25, 0.3) is 0 Å². The van der Waals surface area contributed by atoms with E-state index in [1.54, 1.807) is 6.07 Å². The van der Waals surface area contributed by atoms with E-state index in [9.17, 15) is 14.7 Å². The molecule has 2 aromatic rings. The fourth-order valence-electron chi connectivity index (χ4n) is 4.21. The molecular weight excluding hydrogens is 360 g/mol. The van der Waals surface area contributed by atoms with E-state index in [1.807, 2.05) is 42.5 Å². The third-order valence-electron chi connectivity index (χ3n) is 5.44. The topological polar surface area (TPSA) is 90.2 Å². The van der Waals surface area contributed by atoms with E-state index in [0.29, 0.717) is 11.4 Å². The van der Waals surface area contributed by atoms with Crippen molar-refractivity contribution in [2.24, 2.45) is 23.7 Å². The van der Waals surface area contributed by atoms with Crippen molar-refractivity contribution in [2.75, 3.05) is 0 Å². The second kappa shape index (κ2) is 7.01. The molecule has 4 rings (SSSR count). The zero-order valence-corrected chi connectivity index (χ0v) is 15.3. The Morgan fingerprint density at radius 1 is 1.19 bits per heavy atom. The number of aliphatic carboxylic acids is 1. The molecule has 0 saturated heterocycles. The fraction of sp³-hybridized carbons (Fsp3) is 0.286. The van der Waals surface area contributed by atoms with E-state index >= 15 is 0 Å². The maximum atomic E-state index is 12.7. The first-order chi connectivity index (χ1) is 13.1. The number of fused-ring (bicyclic) bond motifs is 2. The Hall–Kier alpha value is -2.91. The number of nitrogens with zero attached hydrogens (tertiary/aromatic N) is 1. The first-order valence-electron chi connectivity index (χ1n) is 8.85. The summed E-state index contributed by atoms with van der Waals surface area (Å²) in [7, 11) is 0. The van der Waals surface area contributed by atoms with Crippen molar-refractivity contribution in [2.45, 2.75) is 13.0 Å². The predicted molar refractivity (Wildman–Crippen MR) is 102 cm³/mol. The van der Waals surface area contributed by atoms with E-state index in [-0.39, 0.29) is 17.7 Å². The number of carbonyl (C=O) groups excluding carboxylic acids is 1. The Labute approximate surface area is 161 Å². The highest BCUT2D eigenvalue weighted by atomic mass is 32.1. The normalized spacial score (nSPS) is 25.3. The van der Waals surface area contributed by atoms with Crippen LogP contribution >= 0.6 is 11.3 Å². The number of rotatable bonds is 5. The molecule has 2 aliphatic rings. The maximum absolute atomic E-state index is 12.7. The smallest absolute Gasteiger partial charge is 0.307 e. The molecule has 5 nitrogen and oxygen atoms in total. The van der Waals surface area contributed by atoms with Crippen LogP contribution in [0, 0.1) is 35.0 Å². The summed E-state index contributed by atoms with van der Waals surface area (Å²) in [4.78, 5) is 25.9. The van der Waals surface area contributed by atoms with E-state index in [1.165, 1.54) is 11.3 Å². The van der Waals surface area contributed by atoms with Gasteiger partial charge < -0.3 is 10.4 Å². The number of benzene rings is 1. The first kappa shape index (κ1) is 17.5. The minimum atomic E-state index is -0.889. The summed E-state index contributed by atoms with van der Waals surface area (Å²) in [6, 6.07) is 13.7. The molecule has 136 valence electrons. The summed E-state index contributed by atoms with van der Waals surface area (Å²) in [5, 5.41) is 21.4. The third kappa shape index (κ3) is 3.26. The molecule has 4 atom stereocenters. The molecule has 0 spiro atoms. The molecule has 0 unspecified atom stereocenters. The van der Waals surface area contributed by atoms with Gasteiger partial charge in [-0.05, 0) is 47.6 Å². The van der Waals surface area contributed by atoms with Crippen LogP contribution in [0.25, 0.3) is 10.4 Å². The molecule has 0 aliphatic heterocycles. The minimum Gasteiger partial charge on any atom is -0.481 e. The van der Waals surface area contributed by atoms with Crippen LogP contribution in [-0.4, -0.2) is 17.0 Å². The monoisotopic (exact) mass is 378 g/mol. The standard InChI is InChI=1S/C21H18N2O3S/c22-10-16-6-7-17(27-16)13-3-1-2-12(8-13)11-23-20(24)18-14-4-5-15(9-14)19(18)21(25)26/h1-8,14-15,18-19H,9,11H2,(H,23,24)(H,25,26)/t14-,15-,18-,19-/m0/s1. The number of hydrogen-bond donors (Lipinski definition) is 2. The highest BCUT2D eigenvalue weighted by molar-refractivity contribution is 7.16. The van der Waals surface area contributed by atoms with Gasteiger partial charge in [-0.25, -0.2) is 0 Å². The molecule has 1 aromatic heterocycles. The number of carbonyl (C=O) groups is 2. The van der Waals surface area contributed by atoms with Crippen LogP contribution in [-0.2, 0) is 16.1 Å². The van der Waals surface area contributed by atoms with Gasteiger partial charge in [0.05, 0.1) is 11.8 Å². The molecule has 6 heteroatoms. The van der Waals surface area contributed by atoms with E-state index in [0.717, 1.165) is 22.4 Å². The van der Waals surface area contributed by atoms with Crippen molar-refractivity contribution >= 4 is 23.2 Å². The van der Waals surface area contributed by atoms with Crippen LogP contribution in [0.2, 0.25) is 0 Å². The van der Waals surface area contributed by atoms with Gasteiger partial charge in [0.1, 0.15) is 10.9 Å². The van der Waals surface area contributed by atoms with Gasteiger partial charge >= 0.3 is 5.97 Å². The summed E-state index contributed by atoms with van der Waals surface area (Å²) in [6.07, 6.45) is 4.68. The third-order valence-corrected chi connectivity index (χ3v) is 6.48. The number of nitriles is 1. The molecule has 27 heavy (non-hydrogen) atoms. The Morgan fingerprint density at radius 2 is 1.96 bits per heavy atom. The first-order valence-corrected chi connectivity index (χ1v) is 9.66. The summed E-state index contributed by atoms with van der Waals surface area (Å²) < 4.78 is 0. The molecule has 1 amide bonds. The van der Waals surface area contributed by atoms with Crippen molar-refractivity contribution in [3.8, 4) is 16.5 Å². The Balaban J connectivity index is 1.45. The zero-order valence-electron chi connectivity index (χ0n) is 14.5. The molecule has 1 heterocycles. The molecule has 1 saturated carbocycles. The molecule has 0 radical (unpaired) electrons. The molecular formula is C21H18N2O3S. The lowest BCUT2D eigenvalue weighted by atomic mass is 9.82. The van der Waals surface area contributed by atoms with Gasteiger partial charge in [-0.3, -0.25) is 9.59 Å². The average molecular weight is 378 g/mol. The SMILES string of the molecule is N#Cc1ccc(-c2cccc(CNC(=O)[C@@H]3[C@@H](C(=O)O)[C@H]4C=C[C@H]3C4)c2)s1. The maximum Gasteiger partial charge on any atom is 0.307 e. The lowest BCUT2D eigenvalue weighted by Gasteiger charge is -2.23. The predicted octanol–water partition coefficient (Wildman–Crippen LogP) is 3.43. The highest BCUT2D eigenvalue weighted by Crippen LogP contribution is 2.48. The number of hydrogen-bond acceptors (Lipinski definition) is 4. The molecule has 2 N–H and O–H groups in total. The number of carboxylic acid groups (broad SMARTS) is 1. The number of nitrogens with one attached hydrogen (secondary N) is 1. The molecule has 1 fully saturated rings. The lowest BCUT2D eigenvalue weighted by molar-refractivity contribution is -0.147. The Morgan fingerprint density at radius 3 is 2.67 bits per heavy atom. The molecule has 2 aliphatic carbocycles. The zero-order chi connectivity index (χ0) is 19.0. The average Bonchev–Trinajstić information content (AvgIpc) is 3.41. The minimum absolute atomic E-state index is 0.0259. The summed E-state index contributed by atoms with van der Waals surface area (Å²) in [5.41, 5.74) is 1.94. The second-order valence-electron chi connectivity index (χ2n) is 7.03. The Bertz CT molecular complexity index is 972. The number of thiophene rings is 1. The van der Waals surface area contributed by atoms with Crippen LogP contribution in [0.5, 0.6) is 0 Å². The van der Waals surface area contributed by atoms with Crippen molar-refractivity contribution in [1.82, 2.24) is 5.32 Å². The number of carboxylic acids is 1. The number of amides is 1. The van der Waals surface area contributed by atoms with Crippen molar-refractivity contribution in [3.63, 3.8) is 0 Å². The van der Waals surface area contributed by atoms with Crippen LogP contribution in [0.3, 0.4) is 0 Å². The van der Waals surface area contributed by atoms with Gasteiger partial charge in [-0.1, -0.05) is 30.4 Å². The van der Waals surface area contributed by atoms with Crippen LogP contribution in [0.1, 0.15) is 16.9 Å². The van der Waals surface area contributed by atoms with Crippen LogP contribution in [0.15, 0.2) is 48.6 Å². The molecule has 1 aromatic carbocycles. The number of allylic oxidation sites excluding steroid dienone is 2. The van der Waals surface area contributed by atoms with Crippen LogP contribution < -0.4 is 5.32 Å². The van der Waals surface area contributed by atoms with Gasteiger partial charge in [-0.15, -0.1) is 11.3 Å². The fourth-order valence-corrected chi connectivity index (χ4v) is 5.01. The van der Waals surface area contributed by atoms with Crippen LogP contribution in [0.4, 0.5) is 0 Å². The van der Waals surface area contributed by atoms with Crippen molar-refractivity contribution < 1.29 is 14.7 Å². The summed E-state index contributed by atoms with van der Waals surface area (Å²) in [5.74, 6) is -2.19.